The van der Waals surface area contributed by atoms with Gasteiger partial charge in [-0.25, -0.2) is 9.37 Å². The molecule has 158 valence electrons. The molecule has 0 aliphatic heterocycles. The van der Waals surface area contributed by atoms with Crippen LogP contribution in [0.15, 0.2) is 76.7 Å². The van der Waals surface area contributed by atoms with Gasteiger partial charge in [0, 0.05) is 5.75 Å². The Morgan fingerprint density at radius 2 is 1.71 bits per heavy atom. The van der Waals surface area contributed by atoms with E-state index in [9.17, 15) is 9.18 Å². The van der Waals surface area contributed by atoms with Gasteiger partial charge in [-0.05, 0) is 47.5 Å². The van der Waals surface area contributed by atoms with E-state index in [1.807, 2.05) is 48.5 Å². The summed E-state index contributed by atoms with van der Waals surface area (Å²) in [6, 6.07) is 19.7. The van der Waals surface area contributed by atoms with Gasteiger partial charge in [-0.2, -0.15) is 0 Å². The molecule has 4 rings (SSSR count). The number of para-hydroxylation sites is 1. The lowest BCUT2D eigenvalue weighted by Gasteiger charge is -2.14. The Kier molecular flexibility index (Phi) is 6.23. The summed E-state index contributed by atoms with van der Waals surface area (Å²) >= 11 is 1.40. The Labute approximate surface area is 183 Å². The number of methoxy groups -OCH3 is 2. The second kappa shape index (κ2) is 9.22. The number of hydrogen-bond donors (Lipinski definition) is 0. The second-order valence-corrected chi connectivity index (χ2v) is 7.85. The molecule has 0 bridgehead atoms. The zero-order valence-corrected chi connectivity index (χ0v) is 18.0. The highest BCUT2D eigenvalue weighted by molar-refractivity contribution is 7.98. The van der Waals surface area contributed by atoms with Crippen molar-refractivity contribution in [1.82, 2.24) is 9.55 Å². The molecule has 0 unspecified atom stereocenters. The van der Waals surface area contributed by atoms with E-state index in [-0.39, 0.29) is 11.3 Å². The van der Waals surface area contributed by atoms with Crippen molar-refractivity contribution in [3.63, 3.8) is 0 Å². The number of aromatic nitrogens is 2. The van der Waals surface area contributed by atoms with E-state index in [1.165, 1.54) is 24.9 Å². The van der Waals surface area contributed by atoms with Gasteiger partial charge in [0.15, 0.2) is 16.7 Å². The van der Waals surface area contributed by atoms with Crippen LogP contribution in [0.2, 0.25) is 0 Å². The third-order valence-electron chi connectivity index (χ3n) is 4.91. The van der Waals surface area contributed by atoms with Crippen molar-refractivity contribution in [2.24, 2.45) is 0 Å². The Morgan fingerprint density at radius 1 is 0.968 bits per heavy atom. The lowest BCUT2D eigenvalue weighted by Crippen LogP contribution is -2.24. The number of halogens is 1. The first-order chi connectivity index (χ1) is 15.1. The van der Waals surface area contributed by atoms with Crippen LogP contribution in [-0.4, -0.2) is 23.8 Å². The van der Waals surface area contributed by atoms with Crippen LogP contribution >= 0.6 is 11.8 Å². The molecule has 0 fully saturated rings. The quantitative estimate of drug-likeness (QED) is 0.305. The molecule has 31 heavy (non-hydrogen) atoms. The van der Waals surface area contributed by atoms with Crippen LogP contribution in [0.1, 0.15) is 11.1 Å². The highest BCUT2D eigenvalue weighted by atomic mass is 32.2. The molecule has 7 heteroatoms. The van der Waals surface area contributed by atoms with E-state index in [0.29, 0.717) is 28.4 Å². The summed E-state index contributed by atoms with van der Waals surface area (Å²) < 4.78 is 25.9. The van der Waals surface area contributed by atoms with Crippen molar-refractivity contribution < 1.29 is 13.9 Å². The SMILES string of the molecule is COc1ccc(Cn2c(SCc3ccc(OC)c(F)c3)nc3ccccc3c2=O)cc1. The zero-order chi connectivity index (χ0) is 21.8. The minimum absolute atomic E-state index is 0.107. The molecule has 1 heterocycles. The molecule has 5 nitrogen and oxygen atoms in total. The van der Waals surface area contributed by atoms with Crippen LogP contribution < -0.4 is 15.0 Å². The van der Waals surface area contributed by atoms with E-state index in [2.05, 4.69) is 0 Å². The summed E-state index contributed by atoms with van der Waals surface area (Å²) in [5.74, 6) is 1.01. The predicted molar refractivity (Wildman–Crippen MR) is 121 cm³/mol. The summed E-state index contributed by atoms with van der Waals surface area (Å²) in [6.45, 7) is 0.375. The predicted octanol–water partition coefficient (Wildman–Crippen LogP) is 4.89. The molecule has 0 aliphatic rings. The van der Waals surface area contributed by atoms with Crippen molar-refractivity contribution in [1.29, 1.82) is 0 Å². The normalized spacial score (nSPS) is 10.9. The Bertz CT molecular complexity index is 1270. The van der Waals surface area contributed by atoms with E-state index >= 15 is 0 Å². The fraction of sp³-hybridized carbons (Fsp3) is 0.167. The molecule has 1 aromatic heterocycles. The fourth-order valence-corrected chi connectivity index (χ4v) is 4.20. The van der Waals surface area contributed by atoms with Crippen molar-refractivity contribution in [3.8, 4) is 11.5 Å². The van der Waals surface area contributed by atoms with E-state index in [4.69, 9.17) is 14.5 Å². The maximum Gasteiger partial charge on any atom is 0.262 e. The van der Waals surface area contributed by atoms with Crippen LogP contribution in [0, 0.1) is 5.82 Å². The minimum atomic E-state index is -0.414. The number of rotatable bonds is 7. The summed E-state index contributed by atoms with van der Waals surface area (Å²) in [5.41, 5.74) is 2.27. The summed E-state index contributed by atoms with van der Waals surface area (Å²) in [4.78, 5) is 18.0. The molecule has 0 aliphatic carbocycles. The molecule has 4 aromatic rings. The highest BCUT2D eigenvalue weighted by Crippen LogP contribution is 2.26. The number of ether oxygens (including phenoxy) is 2. The van der Waals surface area contributed by atoms with E-state index in [0.717, 1.165) is 16.9 Å². The Balaban J connectivity index is 1.69. The molecular formula is C24H21FN2O3S. The van der Waals surface area contributed by atoms with E-state index in [1.54, 1.807) is 23.8 Å². The maximum atomic E-state index is 14.1. The summed E-state index contributed by atoms with van der Waals surface area (Å²) in [6.07, 6.45) is 0. The lowest BCUT2D eigenvalue weighted by atomic mass is 10.2. The Hall–Kier alpha value is -3.32. The van der Waals surface area contributed by atoms with Gasteiger partial charge in [0.1, 0.15) is 5.75 Å². The van der Waals surface area contributed by atoms with Crippen LogP contribution in [0.25, 0.3) is 10.9 Å². The van der Waals surface area contributed by atoms with Gasteiger partial charge >= 0.3 is 0 Å². The lowest BCUT2D eigenvalue weighted by molar-refractivity contribution is 0.386. The van der Waals surface area contributed by atoms with Gasteiger partial charge in [-0.15, -0.1) is 0 Å². The number of hydrogen-bond acceptors (Lipinski definition) is 5. The van der Waals surface area contributed by atoms with Crippen LogP contribution in [0.4, 0.5) is 4.39 Å². The zero-order valence-electron chi connectivity index (χ0n) is 17.2. The third-order valence-corrected chi connectivity index (χ3v) is 5.96. The number of benzene rings is 3. The van der Waals surface area contributed by atoms with Gasteiger partial charge in [0.25, 0.3) is 5.56 Å². The molecule has 0 amide bonds. The number of thioether (sulfide) groups is 1. The number of nitrogens with zero attached hydrogens (tertiary/aromatic N) is 2. The number of fused-ring (bicyclic) bond motifs is 1. The van der Waals surface area contributed by atoms with Gasteiger partial charge in [0.05, 0.1) is 31.7 Å². The third kappa shape index (κ3) is 4.56. The first-order valence-corrected chi connectivity index (χ1v) is 10.7. The molecule has 0 saturated heterocycles. The molecule has 0 atom stereocenters. The summed E-state index contributed by atoms with van der Waals surface area (Å²) in [5, 5.41) is 1.14. The molecule has 0 N–H and O–H groups in total. The largest absolute Gasteiger partial charge is 0.497 e. The van der Waals surface area contributed by atoms with Gasteiger partial charge in [-0.1, -0.05) is 42.1 Å². The highest BCUT2D eigenvalue weighted by Gasteiger charge is 2.13. The van der Waals surface area contributed by atoms with Crippen molar-refractivity contribution in [2.45, 2.75) is 17.5 Å². The van der Waals surface area contributed by atoms with Crippen molar-refractivity contribution in [2.75, 3.05) is 14.2 Å². The van der Waals surface area contributed by atoms with Crippen molar-refractivity contribution in [3.05, 3.63) is 94.0 Å². The maximum absolute atomic E-state index is 14.1. The minimum Gasteiger partial charge on any atom is -0.497 e. The first kappa shape index (κ1) is 20.9. The van der Waals surface area contributed by atoms with Crippen LogP contribution in [0.5, 0.6) is 11.5 Å². The van der Waals surface area contributed by atoms with Gasteiger partial charge < -0.3 is 9.47 Å². The first-order valence-electron chi connectivity index (χ1n) is 9.67. The monoisotopic (exact) mass is 436 g/mol. The molecule has 0 spiro atoms. The molecular weight excluding hydrogens is 415 g/mol. The topological polar surface area (TPSA) is 53.4 Å². The van der Waals surface area contributed by atoms with Crippen LogP contribution in [-0.2, 0) is 12.3 Å². The standard InChI is InChI=1S/C24H21FN2O3S/c1-29-18-10-7-16(8-11-18)14-27-23(28)19-5-3-4-6-21(19)26-24(27)31-15-17-9-12-22(30-2)20(25)13-17/h3-13H,14-15H2,1-2H3. The average molecular weight is 437 g/mol. The molecule has 0 saturated carbocycles. The fourth-order valence-electron chi connectivity index (χ4n) is 3.26. The van der Waals surface area contributed by atoms with Crippen molar-refractivity contribution >= 4 is 22.7 Å². The van der Waals surface area contributed by atoms with Crippen LogP contribution in [0.3, 0.4) is 0 Å². The molecule has 3 aromatic carbocycles. The van der Waals surface area contributed by atoms with E-state index < -0.39 is 5.82 Å². The average Bonchev–Trinajstić information content (AvgIpc) is 2.80. The summed E-state index contributed by atoms with van der Waals surface area (Å²) in [7, 11) is 3.05. The van der Waals surface area contributed by atoms with Gasteiger partial charge in [0.2, 0.25) is 0 Å². The van der Waals surface area contributed by atoms with Gasteiger partial charge in [-0.3, -0.25) is 9.36 Å². The smallest absolute Gasteiger partial charge is 0.262 e. The molecule has 0 radical (unpaired) electrons. The Morgan fingerprint density at radius 3 is 2.42 bits per heavy atom. The second-order valence-electron chi connectivity index (χ2n) is 6.91.